The number of hydrogen-bond donors (Lipinski definition) is 2. The van der Waals surface area contributed by atoms with E-state index in [0.717, 1.165) is 17.7 Å². The Kier molecular flexibility index (Phi) is 7.34. The van der Waals surface area contributed by atoms with Crippen molar-refractivity contribution in [3.63, 3.8) is 0 Å². The van der Waals surface area contributed by atoms with Gasteiger partial charge in [-0.25, -0.2) is 9.78 Å². The summed E-state index contributed by atoms with van der Waals surface area (Å²) in [6.07, 6.45) is -1.58. The van der Waals surface area contributed by atoms with Gasteiger partial charge in [-0.2, -0.15) is 0 Å². The molecule has 0 aliphatic carbocycles. The van der Waals surface area contributed by atoms with Crippen molar-refractivity contribution < 1.29 is 32.2 Å². The Labute approximate surface area is 204 Å². The molecule has 12 heteroatoms. The molecular formula is C24H22F3N5O4. The van der Waals surface area contributed by atoms with E-state index in [1.165, 1.54) is 17.0 Å². The van der Waals surface area contributed by atoms with Crippen LogP contribution in [0, 0.1) is 0 Å². The van der Waals surface area contributed by atoms with E-state index in [1.807, 2.05) is 0 Å². The van der Waals surface area contributed by atoms with Crippen molar-refractivity contribution >= 4 is 23.4 Å². The molecule has 0 fully saturated rings. The zero-order valence-electron chi connectivity index (χ0n) is 19.1. The van der Waals surface area contributed by atoms with Gasteiger partial charge < -0.3 is 20.1 Å². The molecular weight excluding hydrogens is 479 g/mol. The molecule has 1 aromatic carbocycles. The lowest BCUT2D eigenvalue weighted by atomic mass is 10.1. The van der Waals surface area contributed by atoms with E-state index in [-0.39, 0.29) is 24.7 Å². The number of carbonyl (C=O) groups is 2. The Hall–Kier alpha value is -4.19. The number of nitrogens with one attached hydrogen (secondary N) is 2. The lowest BCUT2D eigenvalue weighted by molar-refractivity contribution is -0.274. The maximum atomic E-state index is 13.3. The molecule has 1 unspecified atom stereocenters. The number of hydrogen-bond acceptors (Lipinski definition) is 6. The van der Waals surface area contributed by atoms with E-state index in [2.05, 4.69) is 25.3 Å². The van der Waals surface area contributed by atoms with Crippen LogP contribution in [-0.4, -0.2) is 48.0 Å². The van der Waals surface area contributed by atoms with E-state index >= 15 is 0 Å². The van der Waals surface area contributed by atoms with Crippen LogP contribution in [0.3, 0.4) is 0 Å². The first kappa shape index (κ1) is 24.9. The van der Waals surface area contributed by atoms with Crippen LogP contribution in [-0.2, 0) is 9.53 Å². The van der Waals surface area contributed by atoms with Gasteiger partial charge in [0.05, 0.1) is 24.0 Å². The molecule has 1 aliphatic heterocycles. The average molecular weight is 501 g/mol. The van der Waals surface area contributed by atoms with Gasteiger partial charge in [0.2, 0.25) is 5.91 Å². The van der Waals surface area contributed by atoms with Crippen molar-refractivity contribution in [3.05, 3.63) is 66.5 Å². The third-order valence-corrected chi connectivity index (χ3v) is 5.23. The highest BCUT2D eigenvalue weighted by atomic mass is 19.4. The van der Waals surface area contributed by atoms with Crippen LogP contribution in [0.25, 0.3) is 11.3 Å². The summed E-state index contributed by atoms with van der Waals surface area (Å²) in [7, 11) is 0. The molecule has 0 saturated heterocycles. The quantitative estimate of drug-likeness (QED) is 0.501. The second-order valence-corrected chi connectivity index (χ2v) is 7.72. The molecule has 3 amide bonds. The van der Waals surface area contributed by atoms with Crippen molar-refractivity contribution in [1.82, 2.24) is 15.3 Å². The molecule has 1 atom stereocenters. The zero-order valence-corrected chi connectivity index (χ0v) is 19.1. The van der Waals surface area contributed by atoms with Crippen LogP contribution in [0.5, 0.6) is 5.75 Å². The molecule has 0 bridgehead atoms. The normalized spacial score (nSPS) is 14.0. The maximum Gasteiger partial charge on any atom is 0.573 e. The minimum atomic E-state index is -4.81. The van der Waals surface area contributed by atoms with Crippen LogP contribution in [0.2, 0.25) is 0 Å². The number of pyridine rings is 2. The number of carbonyl (C=O) groups excluding carboxylic acids is 2. The van der Waals surface area contributed by atoms with Gasteiger partial charge in [0.15, 0.2) is 5.82 Å². The summed E-state index contributed by atoms with van der Waals surface area (Å²) in [4.78, 5) is 35.4. The summed E-state index contributed by atoms with van der Waals surface area (Å²) in [6.45, 7) is 1.91. The highest BCUT2D eigenvalue weighted by Crippen LogP contribution is 2.31. The minimum absolute atomic E-state index is 0.0547. The molecule has 9 nitrogen and oxygen atoms in total. The number of fused-ring (bicyclic) bond motifs is 1. The van der Waals surface area contributed by atoms with Crippen LogP contribution in [0.4, 0.5) is 29.5 Å². The number of ether oxygens (including phenoxy) is 2. The van der Waals surface area contributed by atoms with E-state index in [1.54, 1.807) is 43.6 Å². The summed E-state index contributed by atoms with van der Waals surface area (Å²) in [6, 6.07) is 10.7. The van der Waals surface area contributed by atoms with Crippen LogP contribution < -0.4 is 20.3 Å². The third-order valence-electron chi connectivity index (χ3n) is 5.23. The van der Waals surface area contributed by atoms with Crippen molar-refractivity contribution in [2.24, 2.45) is 0 Å². The summed E-state index contributed by atoms with van der Waals surface area (Å²) in [5, 5.41) is 5.50. The van der Waals surface area contributed by atoms with Crippen molar-refractivity contribution in [1.29, 1.82) is 0 Å². The van der Waals surface area contributed by atoms with Gasteiger partial charge in [-0.1, -0.05) is 12.1 Å². The number of anilines is 2. The number of urea groups is 1. The number of benzene rings is 1. The van der Waals surface area contributed by atoms with Gasteiger partial charge in [-0.15, -0.1) is 13.2 Å². The molecule has 4 rings (SSSR count). The smallest absolute Gasteiger partial charge is 0.406 e. The summed E-state index contributed by atoms with van der Waals surface area (Å²) < 4.78 is 46.8. The molecule has 0 saturated carbocycles. The molecule has 2 N–H and O–H groups in total. The minimum Gasteiger partial charge on any atom is -0.406 e. The van der Waals surface area contributed by atoms with Gasteiger partial charge >= 0.3 is 12.4 Å². The van der Waals surface area contributed by atoms with Gasteiger partial charge in [-0.05, 0) is 48.9 Å². The number of rotatable bonds is 7. The van der Waals surface area contributed by atoms with Gasteiger partial charge in [0.25, 0.3) is 0 Å². The monoisotopic (exact) mass is 501 g/mol. The highest BCUT2D eigenvalue weighted by Gasteiger charge is 2.32. The number of nitrogens with zero attached hydrogens (tertiary/aromatic N) is 3. The van der Waals surface area contributed by atoms with E-state index in [9.17, 15) is 22.8 Å². The predicted octanol–water partition coefficient (Wildman–Crippen LogP) is 4.29. The van der Waals surface area contributed by atoms with Crippen LogP contribution in [0.15, 0.2) is 60.9 Å². The first-order chi connectivity index (χ1) is 17.2. The second-order valence-electron chi connectivity index (χ2n) is 7.72. The zero-order chi connectivity index (χ0) is 25.7. The topological polar surface area (TPSA) is 106 Å². The molecule has 2 aromatic heterocycles. The number of halogens is 3. The predicted molar refractivity (Wildman–Crippen MR) is 124 cm³/mol. The van der Waals surface area contributed by atoms with E-state index in [0.29, 0.717) is 23.6 Å². The fourth-order valence-corrected chi connectivity index (χ4v) is 3.60. The lowest BCUT2D eigenvalue weighted by Gasteiger charge is -2.30. The Balaban J connectivity index is 1.58. The van der Waals surface area contributed by atoms with Gasteiger partial charge in [0.1, 0.15) is 12.3 Å². The standard InChI is InChI=1S/C24H22F3N5O4/c1-2-35-14-20(15-3-5-17(6-4-15)36-24(25,26)27)31-23(34)32-13-21(33)29-19-8-7-18(30-22(19)32)16-9-11-28-12-10-16/h3-12,20H,2,13-14H2,1H3,(H,29,33)(H,31,34). The Morgan fingerprint density at radius 3 is 2.53 bits per heavy atom. The van der Waals surface area contributed by atoms with E-state index in [4.69, 9.17) is 4.74 Å². The molecule has 3 heterocycles. The van der Waals surface area contributed by atoms with Gasteiger partial charge in [0, 0.05) is 24.6 Å². The molecule has 0 spiro atoms. The lowest BCUT2D eigenvalue weighted by Crippen LogP contribution is -2.49. The Morgan fingerprint density at radius 1 is 1.14 bits per heavy atom. The molecule has 188 valence electrons. The number of amides is 3. The molecule has 36 heavy (non-hydrogen) atoms. The largest absolute Gasteiger partial charge is 0.573 e. The molecule has 1 aliphatic rings. The van der Waals surface area contributed by atoms with Crippen molar-refractivity contribution in [3.8, 4) is 17.0 Å². The van der Waals surface area contributed by atoms with Gasteiger partial charge in [-0.3, -0.25) is 14.7 Å². The maximum absolute atomic E-state index is 13.3. The Morgan fingerprint density at radius 2 is 1.86 bits per heavy atom. The van der Waals surface area contributed by atoms with E-state index < -0.39 is 24.3 Å². The van der Waals surface area contributed by atoms with Crippen LogP contribution in [0.1, 0.15) is 18.5 Å². The average Bonchev–Trinajstić information content (AvgIpc) is 2.85. The molecule has 3 aromatic rings. The van der Waals surface area contributed by atoms with Crippen LogP contribution >= 0.6 is 0 Å². The summed E-state index contributed by atoms with van der Waals surface area (Å²) >= 11 is 0. The fraction of sp³-hybridized carbons (Fsp3) is 0.250. The van der Waals surface area contributed by atoms with Crippen molar-refractivity contribution in [2.75, 3.05) is 30.0 Å². The fourth-order valence-electron chi connectivity index (χ4n) is 3.60. The Bertz CT molecular complexity index is 1220. The highest BCUT2D eigenvalue weighted by molar-refractivity contribution is 6.08. The summed E-state index contributed by atoms with van der Waals surface area (Å²) in [5.74, 6) is -0.529. The first-order valence-corrected chi connectivity index (χ1v) is 11.0. The van der Waals surface area contributed by atoms with Crippen molar-refractivity contribution in [2.45, 2.75) is 19.3 Å². The first-order valence-electron chi connectivity index (χ1n) is 11.0. The molecule has 0 radical (unpaired) electrons. The number of aromatic nitrogens is 2. The third kappa shape index (κ3) is 6.08. The summed E-state index contributed by atoms with van der Waals surface area (Å²) in [5.41, 5.74) is 2.22. The second kappa shape index (κ2) is 10.6. The number of alkyl halides is 3. The SMILES string of the molecule is CCOCC(NC(=O)N1CC(=O)Nc2ccc(-c3ccncc3)nc21)c1ccc(OC(F)(F)F)cc1.